The predicted molar refractivity (Wildman–Crippen MR) is 85.7 cm³/mol. The molecule has 2 rings (SSSR count). The number of hydrogen-bond acceptors (Lipinski definition) is 2. The minimum Gasteiger partial charge on any atom is -0.478 e. The maximum Gasteiger partial charge on any atom is 0.328 e. The number of carboxylic acids is 1. The number of aliphatic carboxylic acids is 1. The molecule has 0 heterocycles. The van der Waals surface area contributed by atoms with Crippen LogP contribution in [0.2, 0.25) is 0 Å². The normalized spacial score (nSPS) is 10.9. The second kappa shape index (κ2) is 7.76. The summed E-state index contributed by atoms with van der Waals surface area (Å²) in [5.74, 6) is -0.952. The fourth-order valence-corrected chi connectivity index (χ4v) is 2.31. The molecule has 0 amide bonds. The van der Waals surface area contributed by atoms with Gasteiger partial charge in [0.2, 0.25) is 0 Å². The Kier molecular flexibility index (Phi) is 5.72. The molecule has 0 saturated carbocycles. The van der Waals surface area contributed by atoms with Crippen LogP contribution in [-0.2, 0) is 22.7 Å². The molecule has 1 N–H and O–H groups in total. The van der Waals surface area contributed by atoms with E-state index in [1.54, 1.807) is 6.08 Å². The van der Waals surface area contributed by atoms with Crippen molar-refractivity contribution in [3.05, 3.63) is 75.8 Å². The number of carbonyl (C=O) groups is 1. The van der Waals surface area contributed by atoms with Crippen LogP contribution in [0.25, 0.3) is 6.08 Å². The summed E-state index contributed by atoms with van der Waals surface area (Å²) in [6, 6.07) is 15.6. The predicted octanol–water partition coefficient (Wildman–Crippen LogP) is 4.26. The molecule has 0 fully saturated rings. The van der Waals surface area contributed by atoms with Gasteiger partial charge in [-0.25, -0.2) is 4.79 Å². The SMILES string of the molecule is O=C(O)/C=C/c1cccc(COCc2cccc(Br)c2)c1. The summed E-state index contributed by atoms with van der Waals surface area (Å²) < 4.78 is 6.71. The molecule has 0 spiro atoms. The number of carboxylic acid groups (broad SMARTS) is 1. The lowest BCUT2D eigenvalue weighted by Gasteiger charge is -2.06. The molecular weight excluding hydrogens is 332 g/mol. The number of hydrogen-bond donors (Lipinski definition) is 1. The van der Waals surface area contributed by atoms with E-state index in [1.807, 2.05) is 48.5 Å². The Morgan fingerprint density at radius 1 is 1.10 bits per heavy atom. The van der Waals surface area contributed by atoms with E-state index in [-0.39, 0.29) is 0 Å². The van der Waals surface area contributed by atoms with Gasteiger partial charge in [0.15, 0.2) is 0 Å². The van der Waals surface area contributed by atoms with E-state index in [2.05, 4.69) is 15.9 Å². The van der Waals surface area contributed by atoms with E-state index < -0.39 is 5.97 Å². The minimum absolute atomic E-state index is 0.487. The second-order valence-electron chi connectivity index (χ2n) is 4.54. The highest BCUT2D eigenvalue weighted by Gasteiger charge is 1.98. The highest BCUT2D eigenvalue weighted by atomic mass is 79.9. The first kappa shape index (κ1) is 15.5. The second-order valence-corrected chi connectivity index (χ2v) is 5.46. The van der Waals surface area contributed by atoms with Crippen LogP contribution in [0.5, 0.6) is 0 Å². The van der Waals surface area contributed by atoms with Crippen molar-refractivity contribution in [2.75, 3.05) is 0 Å². The third-order valence-electron chi connectivity index (χ3n) is 2.80. The average Bonchev–Trinajstić information content (AvgIpc) is 2.46. The number of benzene rings is 2. The molecule has 0 aliphatic rings. The van der Waals surface area contributed by atoms with Gasteiger partial charge >= 0.3 is 5.97 Å². The third-order valence-corrected chi connectivity index (χ3v) is 3.29. The molecular formula is C17H15BrO3. The van der Waals surface area contributed by atoms with Crippen molar-refractivity contribution in [2.24, 2.45) is 0 Å². The molecule has 0 bridgehead atoms. The Morgan fingerprint density at radius 3 is 2.43 bits per heavy atom. The molecule has 4 heteroatoms. The first-order chi connectivity index (χ1) is 10.1. The molecule has 3 nitrogen and oxygen atoms in total. The van der Waals surface area contributed by atoms with Crippen molar-refractivity contribution in [1.82, 2.24) is 0 Å². The highest BCUT2D eigenvalue weighted by molar-refractivity contribution is 9.10. The topological polar surface area (TPSA) is 46.5 Å². The van der Waals surface area contributed by atoms with Crippen LogP contribution in [0.1, 0.15) is 16.7 Å². The van der Waals surface area contributed by atoms with Crippen LogP contribution in [0, 0.1) is 0 Å². The fraction of sp³-hybridized carbons (Fsp3) is 0.118. The van der Waals surface area contributed by atoms with Gasteiger partial charge in [-0.2, -0.15) is 0 Å². The molecule has 0 saturated heterocycles. The quantitative estimate of drug-likeness (QED) is 0.794. The Balaban J connectivity index is 1.91. The zero-order chi connectivity index (χ0) is 15.1. The molecule has 2 aromatic carbocycles. The molecule has 2 aromatic rings. The zero-order valence-electron chi connectivity index (χ0n) is 11.3. The molecule has 0 aliphatic carbocycles. The number of rotatable bonds is 6. The van der Waals surface area contributed by atoms with Gasteiger partial charge in [0.05, 0.1) is 13.2 Å². The Bertz CT molecular complexity index is 650. The maximum absolute atomic E-state index is 10.5. The van der Waals surface area contributed by atoms with Gasteiger partial charge < -0.3 is 9.84 Å². The summed E-state index contributed by atoms with van der Waals surface area (Å²) >= 11 is 3.43. The summed E-state index contributed by atoms with van der Waals surface area (Å²) in [4.78, 5) is 10.5. The zero-order valence-corrected chi connectivity index (χ0v) is 12.9. The summed E-state index contributed by atoms with van der Waals surface area (Å²) in [5, 5.41) is 8.62. The van der Waals surface area contributed by atoms with Crippen molar-refractivity contribution in [3.63, 3.8) is 0 Å². The molecule has 0 aliphatic heterocycles. The molecule has 108 valence electrons. The van der Waals surface area contributed by atoms with Gasteiger partial charge in [0.25, 0.3) is 0 Å². The largest absolute Gasteiger partial charge is 0.478 e. The van der Waals surface area contributed by atoms with E-state index in [0.717, 1.165) is 27.2 Å². The molecule has 0 unspecified atom stereocenters. The van der Waals surface area contributed by atoms with Crippen LogP contribution >= 0.6 is 15.9 Å². The van der Waals surface area contributed by atoms with Crippen LogP contribution in [-0.4, -0.2) is 11.1 Å². The summed E-state index contributed by atoms with van der Waals surface area (Å²) in [6.45, 7) is 1.02. The van der Waals surface area contributed by atoms with Crippen LogP contribution in [0.4, 0.5) is 0 Å². The molecule has 0 atom stereocenters. The smallest absolute Gasteiger partial charge is 0.328 e. The summed E-state index contributed by atoms with van der Waals surface area (Å²) in [7, 11) is 0. The number of ether oxygens (including phenoxy) is 1. The van der Waals surface area contributed by atoms with Crippen LogP contribution < -0.4 is 0 Å². The fourth-order valence-electron chi connectivity index (χ4n) is 1.87. The van der Waals surface area contributed by atoms with Crippen molar-refractivity contribution in [1.29, 1.82) is 0 Å². The molecule has 0 aromatic heterocycles. The first-order valence-corrected chi connectivity index (χ1v) is 7.25. The summed E-state index contributed by atoms with van der Waals surface area (Å²) in [6.07, 6.45) is 2.70. The van der Waals surface area contributed by atoms with Crippen LogP contribution in [0.3, 0.4) is 0 Å². The van der Waals surface area contributed by atoms with Gasteiger partial charge in [-0.3, -0.25) is 0 Å². The van der Waals surface area contributed by atoms with Gasteiger partial charge in [0.1, 0.15) is 0 Å². The Hall–Kier alpha value is -1.91. The average molecular weight is 347 g/mol. The van der Waals surface area contributed by atoms with Gasteiger partial charge in [-0.15, -0.1) is 0 Å². The van der Waals surface area contributed by atoms with Crippen molar-refractivity contribution in [3.8, 4) is 0 Å². The van der Waals surface area contributed by atoms with Gasteiger partial charge in [-0.05, 0) is 41.0 Å². The minimum atomic E-state index is -0.952. The van der Waals surface area contributed by atoms with E-state index in [9.17, 15) is 4.79 Å². The monoisotopic (exact) mass is 346 g/mol. The van der Waals surface area contributed by atoms with Gasteiger partial charge in [0, 0.05) is 10.5 Å². The Morgan fingerprint density at radius 2 is 1.76 bits per heavy atom. The van der Waals surface area contributed by atoms with Crippen LogP contribution in [0.15, 0.2) is 59.1 Å². The van der Waals surface area contributed by atoms with Crippen molar-refractivity contribution < 1.29 is 14.6 Å². The van der Waals surface area contributed by atoms with Crippen molar-refractivity contribution in [2.45, 2.75) is 13.2 Å². The third kappa shape index (κ3) is 5.53. The molecule has 21 heavy (non-hydrogen) atoms. The lowest BCUT2D eigenvalue weighted by Crippen LogP contribution is -1.94. The first-order valence-electron chi connectivity index (χ1n) is 6.45. The maximum atomic E-state index is 10.5. The molecule has 0 radical (unpaired) electrons. The lowest BCUT2D eigenvalue weighted by molar-refractivity contribution is -0.131. The summed E-state index contributed by atoms with van der Waals surface area (Å²) in [5.41, 5.74) is 2.96. The van der Waals surface area contributed by atoms with E-state index in [0.29, 0.717) is 13.2 Å². The standard InChI is InChI=1S/C17H15BrO3/c18-16-6-2-5-15(10-16)12-21-11-14-4-1-3-13(9-14)7-8-17(19)20/h1-10H,11-12H2,(H,19,20)/b8-7+. The van der Waals surface area contributed by atoms with E-state index >= 15 is 0 Å². The van der Waals surface area contributed by atoms with Gasteiger partial charge in [-0.1, -0.05) is 46.3 Å². The lowest BCUT2D eigenvalue weighted by atomic mass is 10.1. The van der Waals surface area contributed by atoms with Crippen molar-refractivity contribution >= 4 is 28.0 Å². The highest BCUT2D eigenvalue weighted by Crippen LogP contribution is 2.14. The Labute approximate surface area is 132 Å². The van der Waals surface area contributed by atoms with E-state index in [4.69, 9.17) is 9.84 Å². The van der Waals surface area contributed by atoms with E-state index in [1.165, 1.54) is 0 Å². The number of halogens is 1.